The van der Waals surface area contributed by atoms with E-state index in [1.165, 1.54) is 12.8 Å². The molecule has 0 aromatic carbocycles. The van der Waals surface area contributed by atoms with Crippen LogP contribution in [0.15, 0.2) is 4.52 Å². The van der Waals surface area contributed by atoms with Gasteiger partial charge in [0.1, 0.15) is 0 Å². The maximum absolute atomic E-state index is 8.85. The van der Waals surface area contributed by atoms with Crippen LogP contribution in [-0.4, -0.2) is 27.6 Å². The molecule has 0 saturated heterocycles. The van der Waals surface area contributed by atoms with Crippen LogP contribution in [0.2, 0.25) is 0 Å². The van der Waals surface area contributed by atoms with E-state index in [4.69, 9.17) is 9.63 Å². The number of hydrogen-bond acceptors (Lipinski definition) is 5. The molecule has 4 nitrogen and oxygen atoms in total. The van der Waals surface area contributed by atoms with E-state index in [0.29, 0.717) is 17.7 Å². The SMILES string of the molecule is CC(CO)CSCc1nc(C2CC2)no1. The first-order valence-electron chi connectivity index (χ1n) is 5.30. The Bertz CT molecular complexity index is 312. The Hall–Kier alpha value is -0.550. The molecule has 0 radical (unpaired) electrons. The minimum atomic E-state index is 0.240. The fourth-order valence-corrected chi connectivity index (χ4v) is 2.15. The molecule has 15 heavy (non-hydrogen) atoms. The normalized spacial score (nSPS) is 18.0. The van der Waals surface area contributed by atoms with E-state index in [9.17, 15) is 0 Å². The molecule has 1 N–H and O–H groups in total. The lowest BCUT2D eigenvalue weighted by Crippen LogP contribution is -2.03. The average Bonchev–Trinajstić information content (AvgIpc) is 2.99. The lowest BCUT2D eigenvalue weighted by molar-refractivity contribution is 0.250. The smallest absolute Gasteiger partial charge is 0.236 e. The summed E-state index contributed by atoms with van der Waals surface area (Å²) in [6.45, 7) is 2.26. The van der Waals surface area contributed by atoms with Crippen molar-refractivity contribution in [3.05, 3.63) is 11.7 Å². The Kier molecular flexibility index (Phi) is 3.64. The lowest BCUT2D eigenvalue weighted by Gasteiger charge is -2.04. The van der Waals surface area contributed by atoms with E-state index >= 15 is 0 Å². The second-order valence-electron chi connectivity index (χ2n) is 4.12. The summed E-state index contributed by atoms with van der Waals surface area (Å²) >= 11 is 1.73. The second kappa shape index (κ2) is 4.99. The van der Waals surface area contributed by atoms with Crippen LogP contribution in [-0.2, 0) is 5.75 Å². The fourth-order valence-electron chi connectivity index (χ4n) is 1.23. The highest BCUT2D eigenvalue weighted by atomic mass is 32.2. The van der Waals surface area contributed by atoms with Gasteiger partial charge >= 0.3 is 0 Å². The van der Waals surface area contributed by atoms with Crippen molar-refractivity contribution < 1.29 is 9.63 Å². The highest BCUT2D eigenvalue weighted by Gasteiger charge is 2.28. The van der Waals surface area contributed by atoms with Gasteiger partial charge in [-0.15, -0.1) is 0 Å². The number of hydrogen-bond donors (Lipinski definition) is 1. The van der Waals surface area contributed by atoms with Crippen LogP contribution in [0.5, 0.6) is 0 Å². The maximum Gasteiger partial charge on any atom is 0.236 e. The zero-order chi connectivity index (χ0) is 10.7. The molecular weight excluding hydrogens is 212 g/mol. The number of aliphatic hydroxyl groups excluding tert-OH is 1. The molecule has 0 aliphatic heterocycles. The van der Waals surface area contributed by atoms with Gasteiger partial charge in [0.2, 0.25) is 5.89 Å². The summed E-state index contributed by atoms with van der Waals surface area (Å²) in [4.78, 5) is 4.33. The summed E-state index contributed by atoms with van der Waals surface area (Å²) in [6, 6.07) is 0. The lowest BCUT2D eigenvalue weighted by atomic mass is 10.2. The van der Waals surface area contributed by atoms with Crippen LogP contribution in [0.4, 0.5) is 0 Å². The number of thioether (sulfide) groups is 1. The Morgan fingerprint density at radius 3 is 3.07 bits per heavy atom. The molecule has 1 heterocycles. The second-order valence-corrected chi connectivity index (χ2v) is 5.15. The van der Waals surface area contributed by atoms with Crippen LogP contribution in [0.25, 0.3) is 0 Å². The predicted octanol–water partition coefficient (Wildman–Crippen LogP) is 1.81. The van der Waals surface area contributed by atoms with Gasteiger partial charge in [-0.05, 0) is 24.5 Å². The summed E-state index contributed by atoms with van der Waals surface area (Å²) in [5, 5.41) is 12.8. The third-order valence-electron chi connectivity index (χ3n) is 2.37. The third kappa shape index (κ3) is 3.21. The zero-order valence-corrected chi connectivity index (χ0v) is 9.66. The molecule has 1 fully saturated rings. The molecule has 84 valence electrons. The van der Waals surface area contributed by atoms with E-state index in [-0.39, 0.29) is 6.61 Å². The molecule has 0 amide bonds. The highest BCUT2D eigenvalue weighted by Crippen LogP contribution is 2.38. The molecule has 1 aliphatic carbocycles. The molecule has 1 atom stereocenters. The molecule has 1 aromatic heterocycles. The van der Waals surface area contributed by atoms with E-state index in [1.54, 1.807) is 11.8 Å². The Labute approximate surface area is 93.4 Å². The van der Waals surface area contributed by atoms with Crippen LogP contribution >= 0.6 is 11.8 Å². The first kappa shape index (κ1) is 11.0. The van der Waals surface area contributed by atoms with E-state index in [0.717, 1.165) is 17.3 Å². The highest BCUT2D eigenvalue weighted by molar-refractivity contribution is 7.98. The molecule has 5 heteroatoms. The van der Waals surface area contributed by atoms with Crippen molar-refractivity contribution in [1.82, 2.24) is 10.1 Å². The minimum Gasteiger partial charge on any atom is -0.396 e. The Balaban J connectivity index is 1.73. The van der Waals surface area contributed by atoms with Gasteiger partial charge < -0.3 is 9.63 Å². The van der Waals surface area contributed by atoms with Crippen molar-refractivity contribution in [1.29, 1.82) is 0 Å². The van der Waals surface area contributed by atoms with Crippen molar-refractivity contribution in [2.45, 2.75) is 31.4 Å². The van der Waals surface area contributed by atoms with Crippen molar-refractivity contribution >= 4 is 11.8 Å². The molecule has 1 aromatic rings. The number of nitrogens with zero attached hydrogens (tertiary/aromatic N) is 2. The number of aromatic nitrogens is 2. The quantitative estimate of drug-likeness (QED) is 0.804. The van der Waals surface area contributed by atoms with Gasteiger partial charge in [-0.25, -0.2) is 0 Å². The van der Waals surface area contributed by atoms with Crippen molar-refractivity contribution in [2.24, 2.45) is 5.92 Å². The summed E-state index contributed by atoms with van der Waals surface area (Å²) in [5.74, 6) is 4.17. The minimum absolute atomic E-state index is 0.240. The maximum atomic E-state index is 8.85. The number of rotatable bonds is 6. The zero-order valence-electron chi connectivity index (χ0n) is 8.85. The first-order chi connectivity index (χ1) is 7.29. The molecule has 1 saturated carbocycles. The van der Waals surface area contributed by atoms with E-state index < -0.39 is 0 Å². The fraction of sp³-hybridized carbons (Fsp3) is 0.800. The van der Waals surface area contributed by atoms with Crippen LogP contribution in [0.3, 0.4) is 0 Å². The Morgan fingerprint density at radius 2 is 2.40 bits per heavy atom. The van der Waals surface area contributed by atoms with Gasteiger partial charge in [0, 0.05) is 12.5 Å². The Morgan fingerprint density at radius 1 is 1.60 bits per heavy atom. The molecule has 1 aliphatic rings. The largest absolute Gasteiger partial charge is 0.396 e. The van der Waals surface area contributed by atoms with Gasteiger partial charge in [0.25, 0.3) is 0 Å². The van der Waals surface area contributed by atoms with Crippen molar-refractivity contribution in [2.75, 3.05) is 12.4 Å². The summed E-state index contributed by atoms with van der Waals surface area (Å²) in [7, 11) is 0. The topological polar surface area (TPSA) is 59.2 Å². The van der Waals surface area contributed by atoms with Gasteiger partial charge in [0.05, 0.1) is 5.75 Å². The molecular formula is C10H16N2O2S. The summed E-state index contributed by atoms with van der Waals surface area (Å²) in [6.07, 6.45) is 2.40. The number of aliphatic hydroxyl groups is 1. The summed E-state index contributed by atoms with van der Waals surface area (Å²) in [5.41, 5.74) is 0. The molecule has 2 rings (SSSR count). The predicted molar refractivity (Wildman–Crippen MR) is 58.7 cm³/mol. The van der Waals surface area contributed by atoms with Gasteiger partial charge in [-0.1, -0.05) is 12.1 Å². The molecule has 0 spiro atoms. The van der Waals surface area contributed by atoms with Crippen LogP contribution < -0.4 is 0 Å². The van der Waals surface area contributed by atoms with Crippen LogP contribution in [0.1, 0.15) is 37.4 Å². The van der Waals surface area contributed by atoms with Gasteiger partial charge in [-0.3, -0.25) is 0 Å². The molecule has 0 bridgehead atoms. The third-order valence-corrected chi connectivity index (χ3v) is 3.62. The van der Waals surface area contributed by atoms with Gasteiger partial charge in [0.15, 0.2) is 5.82 Å². The van der Waals surface area contributed by atoms with Crippen LogP contribution in [0, 0.1) is 5.92 Å². The van der Waals surface area contributed by atoms with E-state index in [2.05, 4.69) is 10.1 Å². The summed E-state index contributed by atoms with van der Waals surface area (Å²) < 4.78 is 5.14. The van der Waals surface area contributed by atoms with E-state index in [1.807, 2.05) is 6.92 Å². The average molecular weight is 228 g/mol. The molecule has 1 unspecified atom stereocenters. The van der Waals surface area contributed by atoms with Gasteiger partial charge in [-0.2, -0.15) is 16.7 Å². The standard InChI is InChI=1S/C10H16N2O2S/c1-7(4-13)5-15-6-9-11-10(12-14-9)8-2-3-8/h7-8,13H,2-6H2,1H3. The first-order valence-corrected chi connectivity index (χ1v) is 6.46. The van der Waals surface area contributed by atoms with Crippen molar-refractivity contribution in [3.63, 3.8) is 0 Å². The monoisotopic (exact) mass is 228 g/mol. The van der Waals surface area contributed by atoms with Crippen molar-refractivity contribution in [3.8, 4) is 0 Å².